The van der Waals surface area contributed by atoms with Crippen molar-refractivity contribution in [3.05, 3.63) is 89.5 Å². The Balaban J connectivity index is 1.57. The Morgan fingerprint density at radius 3 is 2.25 bits per heavy atom. The van der Waals surface area contributed by atoms with Crippen LogP contribution >= 0.6 is 0 Å². The van der Waals surface area contributed by atoms with Gasteiger partial charge in [-0.15, -0.1) is 0 Å². The van der Waals surface area contributed by atoms with E-state index in [0.717, 1.165) is 11.3 Å². The summed E-state index contributed by atoms with van der Waals surface area (Å²) < 4.78 is 17.6. The van der Waals surface area contributed by atoms with E-state index in [1.54, 1.807) is 54.7 Å². The number of rotatable bonds is 6. The minimum atomic E-state index is -0.399. The van der Waals surface area contributed by atoms with Crippen LogP contribution in [0.25, 0.3) is 0 Å². The van der Waals surface area contributed by atoms with Gasteiger partial charge in [0.15, 0.2) is 0 Å². The number of benzene rings is 2. The third-order valence-corrected chi connectivity index (χ3v) is 3.96. The van der Waals surface area contributed by atoms with Crippen LogP contribution in [-0.2, 0) is 11.3 Å². The number of carbonyl (C=O) groups is 2. The van der Waals surface area contributed by atoms with Gasteiger partial charge in [-0.3, -0.25) is 4.79 Å². The highest BCUT2D eigenvalue weighted by molar-refractivity contribution is 5.92. The predicted octanol–water partition coefficient (Wildman–Crippen LogP) is 3.68. The number of methoxy groups -OCH3 is 1. The van der Waals surface area contributed by atoms with Gasteiger partial charge in [-0.25, -0.2) is 14.2 Å². The molecule has 1 heterocycles. The molecule has 0 unspecified atom stereocenters. The molecule has 0 bridgehead atoms. The summed E-state index contributed by atoms with van der Waals surface area (Å²) in [6.07, 6.45) is 1.54. The van der Waals surface area contributed by atoms with Gasteiger partial charge in [0.05, 0.1) is 24.6 Å². The Hall–Kier alpha value is -3.74. The Morgan fingerprint density at radius 2 is 1.64 bits per heavy atom. The molecule has 6 nitrogen and oxygen atoms in total. The SMILES string of the molecule is COC(=O)c1ccc(Nc2ccc(C(=O)NCc3ccc(F)cc3)nc2)cc1. The summed E-state index contributed by atoms with van der Waals surface area (Å²) in [6.45, 7) is 0.285. The lowest BCUT2D eigenvalue weighted by Gasteiger charge is -2.08. The van der Waals surface area contributed by atoms with Crippen molar-refractivity contribution in [3.8, 4) is 0 Å². The van der Waals surface area contributed by atoms with Gasteiger partial charge >= 0.3 is 5.97 Å². The minimum Gasteiger partial charge on any atom is -0.465 e. The number of hydrogen-bond donors (Lipinski definition) is 2. The van der Waals surface area contributed by atoms with E-state index in [-0.39, 0.29) is 24.0 Å². The van der Waals surface area contributed by atoms with Crippen molar-refractivity contribution in [2.45, 2.75) is 6.54 Å². The quantitative estimate of drug-likeness (QED) is 0.639. The molecule has 0 aliphatic carbocycles. The normalized spacial score (nSPS) is 10.2. The lowest BCUT2D eigenvalue weighted by Crippen LogP contribution is -2.23. The Morgan fingerprint density at radius 1 is 0.964 bits per heavy atom. The van der Waals surface area contributed by atoms with Gasteiger partial charge in [-0.05, 0) is 54.1 Å². The van der Waals surface area contributed by atoms with Crippen molar-refractivity contribution in [2.24, 2.45) is 0 Å². The second-order valence-corrected chi connectivity index (χ2v) is 5.94. The highest BCUT2D eigenvalue weighted by atomic mass is 19.1. The molecule has 28 heavy (non-hydrogen) atoms. The van der Waals surface area contributed by atoms with E-state index < -0.39 is 5.97 Å². The van der Waals surface area contributed by atoms with Gasteiger partial charge in [0.1, 0.15) is 11.5 Å². The van der Waals surface area contributed by atoms with Crippen molar-refractivity contribution < 1.29 is 18.7 Å². The molecule has 2 aromatic carbocycles. The van der Waals surface area contributed by atoms with E-state index in [2.05, 4.69) is 20.4 Å². The largest absolute Gasteiger partial charge is 0.465 e. The molecule has 1 aromatic heterocycles. The number of ether oxygens (including phenoxy) is 1. The first-order chi connectivity index (χ1) is 13.5. The lowest BCUT2D eigenvalue weighted by molar-refractivity contribution is 0.0600. The zero-order valence-electron chi connectivity index (χ0n) is 15.1. The number of nitrogens with one attached hydrogen (secondary N) is 2. The Labute approximate surface area is 161 Å². The molecular formula is C21H18FN3O3. The first-order valence-corrected chi connectivity index (χ1v) is 8.49. The monoisotopic (exact) mass is 379 g/mol. The third-order valence-electron chi connectivity index (χ3n) is 3.96. The van der Waals surface area contributed by atoms with E-state index in [0.29, 0.717) is 11.3 Å². The second-order valence-electron chi connectivity index (χ2n) is 5.94. The van der Waals surface area contributed by atoms with Gasteiger partial charge in [0, 0.05) is 12.2 Å². The summed E-state index contributed by atoms with van der Waals surface area (Å²) in [5, 5.41) is 5.87. The van der Waals surface area contributed by atoms with Crippen LogP contribution in [0.15, 0.2) is 66.9 Å². The van der Waals surface area contributed by atoms with E-state index in [1.165, 1.54) is 19.2 Å². The van der Waals surface area contributed by atoms with Crippen LogP contribution in [0.1, 0.15) is 26.4 Å². The molecule has 0 aliphatic heterocycles. The maximum Gasteiger partial charge on any atom is 0.337 e. The molecule has 3 rings (SSSR count). The van der Waals surface area contributed by atoms with Crippen LogP contribution in [-0.4, -0.2) is 24.0 Å². The zero-order valence-corrected chi connectivity index (χ0v) is 15.1. The Kier molecular flexibility index (Phi) is 5.96. The molecule has 0 saturated heterocycles. The van der Waals surface area contributed by atoms with E-state index in [4.69, 9.17) is 0 Å². The summed E-state index contributed by atoms with van der Waals surface area (Å²) in [4.78, 5) is 27.8. The van der Waals surface area contributed by atoms with E-state index in [1.807, 2.05) is 0 Å². The standard InChI is InChI=1S/C21H18FN3O3/c1-28-21(27)15-4-8-17(9-5-15)25-18-10-11-19(23-13-18)20(26)24-12-14-2-6-16(22)7-3-14/h2-11,13,25H,12H2,1H3,(H,24,26). The van der Waals surface area contributed by atoms with Gasteiger partial charge in [0.25, 0.3) is 5.91 Å². The van der Waals surface area contributed by atoms with Crippen LogP contribution in [0.5, 0.6) is 0 Å². The fourth-order valence-corrected chi connectivity index (χ4v) is 2.45. The number of amides is 1. The zero-order chi connectivity index (χ0) is 19.9. The molecule has 1 amide bonds. The van der Waals surface area contributed by atoms with Crippen LogP contribution in [0.4, 0.5) is 15.8 Å². The number of aromatic nitrogens is 1. The number of esters is 1. The van der Waals surface area contributed by atoms with Crippen molar-refractivity contribution in [1.82, 2.24) is 10.3 Å². The predicted molar refractivity (Wildman–Crippen MR) is 103 cm³/mol. The van der Waals surface area contributed by atoms with Crippen LogP contribution < -0.4 is 10.6 Å². The Bertz CT molecular complexity index is 956. The molecule has 0 fully saturated rings. The first kappa shape index (κ1) is 19.0. The van der Waals surface area contributed by atoms with Crippen molar-refractivity contribution >= 4 is 23.3 Å². The summed E-state index contributed by atoms with van der Waals surface area (Å²) in [5.41, 5.74) is 2.99. The molecule has 7 heteroatoms. The number of halogens is 1. The van der Waals surface area contributed by atoms with Crippen LogP contribution in [0, 0.1) is 5.82 Å². The van der Waals surface area contributed by atoms with Gasteiger partial charge in [-0.1, -0.05) is 12.1 Å². The minimum absolute atomic E-state index is 0.272. The van der Waals surface area contributed by atoms with Crippen molar-refractivity contribution in [1.29, 1.82) is 0 Å². The maximum atomic E-state index is 12.9. The van der Waals surface area contributed by atoms with Gasteiger partial charge in [-0.2, -0.15) is 0 Å². The highest BCUT2D eigenvalue weighted by Crippen LogP contribution is 2.17. The molecular weight excluding hydrogens is 361 g/mol. The molecule has 0 atom stereocenters. The number of carbonyl (C=O) groups excluding carboxylic acids is 2. The third kappa shape index (κ3) is 4.91. The molecule has 2 N–H and O–H groups in total. The molecule has 0 spiro atoms. The van der Waals surface area contributed by atoms with Crippen molar-refractivity contribution in [2.75, 3.05) is 12.4 Å². The summed E-state index contributed by atoms with van der Waals surface area (Å²) >= 11 is 0. The molecule has 0 radical (unpaired) electrons. The van der Waals surface area contributed by atoms with Crippen LogP contribution in [0.3, 0.4) is 0 Å². The summed E-state index contributed by atoms with van der Waals surface area (Å²) in [7, 11) is 1.33. The molecule has 3 aromatic rings. The molecule has 142 valence electrons. The highest BCUT2D eigenvalue weighted by Gasteiger charge is 2.08. The van der Waals surface area contributed by atoms with Gasteiger partial charge < -0.3 is 15.4 Å². The molecule has 0 aliphatic rings. The number of nitrogens with zero attached hydrogens (tertiary/aromatic N) is 1. The number of anilines is 2. The second kappa shape index (κ2) is 8.77. The van der Waals surface area contributed by atoms with Gasteiger partial charge in [0.2, 0.25) is 0 Å². The first-order valence-electron chi connectivity index (χ1n) is 8.49. The van der Waals surface area contributed by atoms with Crippen LogP contribution in [0.2, 0.25) is 0 Å². The fourth-order valence-electron chi connectivity index (χ4n) is 2.45. The topological polar surface area (TPSA) is 80.3 Å². The number of hydrogen-bond acceptors (Lipinski definition) is 5. The molecule has 0 saturated carbocycles. The van der Waals surface area contributed by atoms with E-state index in [9.17, 15) is 14.0 Å². The fraction of sp³-hybridized carbons (Fsp3) is 0.0952. The smallest absolute Gasteiger partial charge is 0.337 e. The lowest BCUT2D eigenvalue weighted by atomic mass is 10.2. The maximum absolute atomic E-state index is 12.9. The average Bonchev–Trinajstić information content (AvgIpc) is 2.73. The van der Waals surface area contributed by atoms with Crippen molar-refractivity contribution in [3.63, 3.8) is 0 Å². The average molecular weight is 379 g/mol. The van der Waals surface area contributed by atoms with E-state index >= 15 is 0 Å². The number of pyridine rings is 1. The summed E-state index contributed by atoms with van der Waals surface area (Å²) in [6, 6.07) is 16.0. The summed E-state index contributed by atoms with van der Waals surface area (Å²) in [5.74, 6) is -1.04.